The van der Waals surface area contributed by atoms with E-state index >= 15 is 0 Å². The topological polar surface area (TPSA) is 97.3 Å². The average molecular weight is 546 g/mol. The smallest absolute Gasteiger partial charge is 0.416 e. The number of nitrogens with zero attached hydrogens (tertiary/aromatic N) is 5. The Labute approximate surface area is 225 Å². The Morgan fingerprint density at radius 3 is 2.51 bits per heavy atom. The van der Waals surface area contributed by atoms with E-state index in [9.17, 15) is 18.0 Å². The molecule has 1 saturated heterocycles. The summed E-state index contributed by atoms with van der Waals surface area (Å²) >= 11 is 0. The van der Waals surface area contributed by atoms with Crippen LogP contribution >= 0.6 is 0 Å². The van der Waals surface area contributed by atoms with Gasteiger partial charge in [-0.3, -0.25) is 9.48 Å². The second kappa shape index (κ2) is 11.5. The lowest BCUT2D eigenvalue weighted by Crippen LogP contribution is -2.37. The summed E-state index contributed by atoms with van der Waals surface area (Å²) in [5, 5.41) is 17.8. The first-order chi connectivity index (χ1) is 18.7. The minimum atomic E-state index is -4.54. The highest BCUT2D eigenvalue weighted by molar-refractivity contribution is 5.70. The van der Waals surface area contributed by atoms with E-state index in [2.05, 4.69) is 15.2 Å². The number of carboxylic acid groups (broad SMARTS) is 1. The van der Waals surface area contributed by atoms with Crippen molar-refractivity contribution in [2.24, 2.45) is 5.92 Å². The molecule has 8 nitrogen and oxygen atoms in total. The molecule has 0 amide bonds. The van der Waals surface area contributed by atoms with Crippen molar-refractivity contribution in [3.8, 4) is 23.0 Å². The third-order valence-corrected chi connectivity index (χ3v) is 8.09. The van der Waals surface area contributed by atoms with Gasteiger partial charge in [-0.1, -0.05) is 36.6 Å². The molecule has 1 aliphatic carbocycles. The highest BCUT2D eigenvalue weighted by atomic mass is 19.4. The molecule has 1 aromatic carbocycles. The van der Waals surface area contributed by atoms with E-state index < -0.39 is 17.7 Å². The van der Waals surface area contributed by atoms with Crippen LogP contribution in [0.2, 0.25) is 0 Å². The van der Waals surface area contributed by atoms with Gasteiger partial charge >= 0.3 is 12.1 Å². The van der Waals surface area contributed by atoms with Crippen LogP contribution in [0.4, 0.5) is 13.2 Å². The van der Waals surface area contributed by atoms with E-state index in [1.165, 1.54) is 25.3 Å². The highest BCUT2D eigenvalue weighted by Gasteiger charge is 2.34. The summed E-state index contributed by atoms with van der Waals surface area (Å²) in [6, 6.07) is 6.12. The predicted octanol–water partition coefficient (Wildman–Crippen LogP) is 6.03. The number of alkyl halides is 3. The van der Waals surface area contributed by atoms with Crippen molar-refractivity contribution in [2.45, 2.75) is 76.9 Å². The summed E-state index contributed by atoms with van der Waals surface area (Å²) in [6.07, 6.45) is 2.58. The Balaban J connectivity index is 1.33. The van der Waals surface area contributed by atoms with Crippen LogP contribution < -0.4 is 0 Å². The number of hydrogen-bond acceptors (Lipinski definition) is 6. The van der Waals surface area contributed by atoms with Crippen LogP contribution in [0.25, 0.3) is 23.0 Å². The highest BCUT2D eigenvalue weighted by Crippen LogP contribution is 2.37. The van der Waals surface area contributed by atoms with Gasteiger partial charge < -0.3 is 14.5 Å². The van der Waals surface area contributed by atoms with Gasteiger partial charge in [-0.25, -0.2) is 0 Å². The number of halogens is 3. The third kappa shape index (κ3) is 6.18. The molecule has 3 aromatic rings. The van der Waals surface area contributed by atoms with Crippen LogP contribution in [-0.4, -0.2) is 55.5 Å². The van der Waals surface area contributed by atoms with Crippen LogP contribution in [-0.2, 0) is 23.9 Å². The maximum absolute atomic E-state index is 14.0. The number of aromatic nitrogens is 4. The fourth-order valence-corrected chi connectivity index (χ4v) is 5.84. The maximum Gasteiger partial charge on any atom is 0.416 e. The van der Waals surface area contributed by atoms with Gasteiger partial charge in [-0.05, 0) is 69.8 Å². The number of aliphatic carboxylic acids is 1. The molecule has 0 unspecified atom stereocenters. The summed E-state index contributed by atoms with van der Waals surface area (Å²) in [7, 11) is 0. The summed E-state index contributed by atoms with van der Waals surface area (Å²) in [4.78, 5) is 17.6. The minimum absolute atomic E-state index is 0.0862. The van der Waals surface area contributed by atoms with Crippen LogP contribution in [0, 0.1) is 5.92 Å². The SMILES string of the molecule is CCn1nc(-c2nc(-c3ccc(CCN4CCC(C(=O)O)CC4)c(C(F)(F)F)c3)no2)cc1C1CCCCC1. The van der Waals surface area contributed by atoms with E-state index in [-0.39, 0.29) is 35.2 Å². The van der Waals surface area contributed by atoms with E-state index in [0.29, 0.717) is 50.6 Å². The fraction of sp³-hybridized carbons (Fsp3) is 0.571. The number of piperidine rings is 1. The van der Waals surface area contributed by atoms with Crippen molar-refractivity contribution in [3.63, 3.8) is 0 Å². The van der Waals surface area contributed by atoms with Gasteiger partial charge in [0.05, 0.1) is 11.5 Å². The molecule has 2 fully saturated rings. The molecule has 2 aliphatic rings. The largest absolute Gasteiger partial charge is 0.481 e. The number of benzene rings is 1. The Kier molecular flexibility index (Phi) is 8.06. The Morgan fingerprint density at radius 2 is 1.85 bits per heavy atom. The van der Waals surface area contributed by atoms with Crippen LogP contribution in [0.1, 0.15) is 74.6 Å². The summed E-state index contributed by atoms with van der Waals surface area (Å²) in [6.45, 7) is 4.31. The first-order valence-corrected chi connectivity index (χ1v) is 13.8. The van der Waals surface area contributed by atoms with Gasteiger partial charge in [0.1, 0.15) is 0 Å². The molecule has 1 N–H and O–H groups in total. The molecule has 1 saturated carbocycles. The van der Waals surface area contributed by atoms with Gasteiger partial charge in [0.2, 0.25) is 5.82 Å². The number of hydrogen-bond donors (Lipinski definition) is 1. The molecule has 5 rings (SSSR count). The number of likely N-dealkylation sites (tertiary alicyclic amines) is 1. The molecule has 1 aliphatic heterocycles. The Hall–Kier alpha value is -3.21. The second-order valence-corrected chi connectivity index (χ2v) is 10.6. The molecule has 0 radical (unpaired) electrons. The van der Waals surface area contributed by atoms with Gasteiger partial charge in [-0.2, -0.15) is 23.3 Å². The molecule has 2 aromatic heterocycles. The summed E-state index contributed by atoms with van der Waals surface area (Å²) < 4.78 is 49.5. The Bertz CT molecular complexity index is 1290. The first-order valence-electron chi connectivity index (χ1n) is 13.8. The van der Waals surface area contributed by atoms with Crippen LogP contribution in [0.15, 0.2) is 28.8 Å². The van der Waals surface area contributed by atoms with Gasteiger partial charge in [0.25, 0.3) is 5.89 Å². The molecule has 11 heteroatoms. The number of aryl methyl sites for hydroxylation is 1. The molecule has 39 heavy (non-hydrogen) atoms. The van der Waals surface area contributed by atoms with E-state index in [4.69, 9.17) is 9.63 Å². The zero-order valence-corrected chi connectivity index (χ0v) is 22.1. The summed E-state index contributed by atoms with van der Waals surface area (Å²) in [5.74, 6) is -0.467. The lowest BCUT2D eigenvalue weighted by Gasteiger charge is -2.30. The average Bonchev–Trinajstić information content (AvgIpc) is 3.60. The van der Waals surface area contributed by atoms with Gasteiger partial charge in [0.15, 0.2) is 5.69 Å². The normalized spacial score (nSPS) is 18.1. The predicted molar refractivity (Wildman–Crippen MR) is 138 cm³/mol. The Morgan fingerprint density at radius 1 is 1.10 bits per heavy atom. The zero-order chi connectivity index (χ0) is 27.6. The van der Waals surface area contributed by atoms with Crippen molar-refractivity contribution >= 4 is 5.97 Å². The summed E-state index contributed by atoms with van der Waals surface area (Å²) in [5.41, 5.74) is 1.37. The molecular formula is C28H34F3N5O3. The van der Waals surface area contributed by atoms with Crippen LogP contribution in [0.5, 0.6) is 0 Å². The zero-order valence-electron chi connectivity index (χ0n) is 22.1. The standard InChI is InChI=1S/C28H34F3N5O3/c1-2-36-24(19-6-4-3-5-7-19)17-23(33-36)26-32-25(34-39-26)21-9-8-18(22(16-21)28(29,30)31)10-13-35-14-11-20(12-15-35)27(37)38/h8-9,16-17,19-20H,2-7,10-15H2,1H3,(H,37,38). The monoisotopic (exact) mass is 545 g/mol. The minimum Gasteiger partial charge on any atom is -0.481 e. The number of carboxylic acids is 1. The molecule has 0 spiro atoms. The van der Waals surface area contributed by atoms with Crippen molar-refractivity contribution in [1.82, 2.24) is 24.8 Å². The third-order valence-electron chi connectivity index (χ3n) is 8.09. The van der Waals surface area contributed by atoms with Crippen molar-refractivity contribution < 1.29 is 27.6 Å². The number of rotatable bonds is 8. The maximum atomic E-state index is 14.0. The van der Waals surface area contributed by atoms with E-state index in [1.54, 1.807) is 6.07 Å². The van der Waals surface area contributed by atoms with Crippen molar-refractivity contribution in [1.29, 1.82) is 0 Å². The lowest BCUT2D eigenvalue weighted by molar-refractivity contribution is -0.143. The second-order valence-electron chi connectivity index (χ2n) is 10.6. The van der Waals surface area contributed by atoms with Crippen LogP contribution in [0.3, 0.4) is 0 Å². The molecule has 210 valence electrons. The fourth-order valence-electron chi connectivity index (χ4n) is 5.84. The molecule has 3 heterocycles. The van der Waals surface area contributed by atoms with Crippen molar-refractivity contribution in [2.75, 3.05) is 19.6 Å². The van der Waals surface area contributed by atoms with Gasteiger partial charge in [-0.15, -0.1) is 0 Å². The molecule has 0 atom stereocenters. The number of carbonyl (C=O) groups is 1. The van der Waals surface area contributed by atoms with E-state index in [1.807, 2.05) is 22.6 Å². The van der Waals surface area contributed by atoms with Crippen molar-refractivity contribution in [3.05, 3.63) is 41.1 Å². The lowest BCUT2D eigenvalue weighted by atomic mass is 9.87. The van der Waals surface area contributed by atoms with E-state index in [0.717, 1.165) is 24.6 Å². The first kappa shape index (κ1) is 27.4. The van der Waals surface area contributed by atoms with Gasteiger partial charge in [0, 0.05) is 30.3 Å². The quantitative estimate of drug-likeness (QED) is 0.369. The molecular weight excluding hydrogens is 511 g/mol. The molecule has 0 bridgehead atoms.